The van der Waals surface area contributed by atoms with Crippen LogP contribution in [0.4, 0.5) is 9.93 Å². The van der Waals surface area contributed by atoms with Crippen LogP contribution in [0.1, 0.15) is 24.2 Å². The zero-order valence-corrected chi connectivity index (χ0v) is 14.0. The highest BCUT2D eigenvalue weighted by molar-refractivity contribution is 7.15. The van der Waals surface area contributed by atoms with E-state index in [1.165, 1.54) is 11.3 Å². The van der Waals surface area contributed by atoms with Crippen molar-refractivity contribution in [2.45, 2.75) is 26.3 Å². The molecule has 2 N–H and O–H groups in total. The Balaban J connectivity index is 1.58. The van der Waals surface area contributed by atoms with Gasteiger partial charge in [0.2, 0.25) is 5.13 Å². The second kappa shape index (κ2) is 7.64. The number of amides is 2. The zero-order chi connectivity index (χ0) is 16.8. The number of carbonyl (C=O) groups excluding carboxylic acids is 1. The largest absolute Gasteiger partial charge is 0.330 e. The summed E-state index contributed by atoms with van der Waals surface area (Å²) in [5.41, 5.74) is 0.938. The monoisotopic (exact) mass is 343 g/mol. The van der Waals surface area contributed by atoms with Gasteiger partial charge in [0.15, 0.2) is 5.82 Å². The summed E-state index contributed by atoms with van der Waals surface area (Å²) in [7, 11) is 0. The van der Waals surface area contributed by atoms with E-state index >= 15 is 0 Å². The minimum absolute atomic E-state index is 0.251. The smallest absolute Gasteiger partial charge is 0.321 e. The predicted octanol–water partition coefficient (Wildman–Crippen LogP) is 2.39. The number of urea groups is 1. The molecule has 0 unspecified atom stereocenters. The summed E-state index contributed by atoms with van der Waals surface area (Å²) in [6, 6.07) is 9.35. The molecule has 0 saturated heterocycles. The van der Waals surface area contributed by atoms with Crippen LogP contribution < -0.4 is 10.6 Å². The van der Waals surface area contributed by atoms with E-state index in [1.54, 1.807) is 6.33 Å². The van der Waals surface area contributed by atoms with Gasteiger partial charge in [-0.15, -0.1) is 20.4 Å². The summed E-state index contributed by atoms with van der Waals surface area (Å²) in [6.45, 7) is 2.32. The van der Waals surface area contributed by atoms with E-state index in [4.69, 9.17) is 0 Å². The maximum atomic E-state index is 12.0. The molecule has 3 aromatic rings. The maximum Gasteiger partial charge on any atom is 0.321 e. The number of rotatable bonds is 6. The Hall–Kier alpha value is -2.81. The van der Waals surface area contributed by atoms with Gasteiger partial charge in [0.05, 0.1) is 6.54 Å². The Morgan fingerprint density at radius 1 is 1.21 bits per heavy atom. The third-order valence-electron chi connectivity index (χ3n) is 3.21. The van der Waals surface area contributed by atoms with Gasteiger partial charge in [0.1, 0.15) is 11.3 Å². The molecule has 0 aliphatic carbocycles. The van der Waals surface area contributed by atoms with E-state index in [-0.39, 0.29) is 12.6 Å². The third kappa shape index (κ3) is 3.93. The van der Waals surface area contributed by atoms with Crippen LogP contribution in [0.2, 0.25) is 0 Å². The van der Waals surface area contributed by atoms with Gasteiger partial charge >= 0.3 is 6.03 Å². The standard InChI is InChI=1S/C15H17N7OS/c1-2-6-13-20-21-15(24-13)18-14(23)16-9-12-19-17-10-22(12)11-7-4-3-5-8-11/h3-5,7-8,10H,2,6,9H2,1H3,(H2,16,18,21,23). The average Bonchev–Trinajstić information content (AvgIpc) is 3.23. The first-order valence-corrected chi connectivity index (χ1v) is 8.39. The number of para-hydroxylation sites is 1. The van der Waals surface area contributed by atoms with Crippen molar-refractivity contribution >= 4 is 22.5 Å². The van der Waals surface area contributed by atoms with Crippen LogP contribution in [0.25, 0.3) is 5.69 Å². The van der Waals surface area contributed by atoms with Crippen molar-refractivity contribution in [3.05, 3.63) is 47.5 Å². The Labute approximate surface area is 143 Å². The minimum Gasteiger partial charge on any atom is -0.330 e. The molecule has 2 heterocycles. The molecule has 124 valence electrons. The van der Waals surface area contributed by atoms with E-state index in [0.29, 0.717) is 11.0 Å². The highest BCUT2D eigenvalue weighted by atomic mass is 32.1. The maximum absolute atomic E-state index is 12.0. The van der Waals surface area contributed by atoms with Crippen LogP contribution in [0.15, 0.2) is 36.7 Å². The lowest BCUT2D eigenvalue weighted by atomic mass is 10.3. The summed E-state index contributed by atoms with van der Waals surface area (Å²) in [5, 5.41) is 22.8. The molecule has 3 rings (SSSR count). The van der Waals surface area contributed by atoms with Crippen molar-refractivity contribution in [3.63, 3.8) is 0 Å². The molecule has 2 amide bonds. The Morgan fingerprint density at radius 2 is 2.04 bits per heavy atom. The van der Waals surface area contributed by atoms with Gasteiger partial charge in [-0.1, -0.05) is 36.5 Å². The lowest BCUT2D eigenvalue weighted by molar-refractivity contribution is 0.251. The Kier molecular flexibility index (Phi) is 5.12. The molecule has 2 aromatic heterocycles. The van der Waals surface area contributed by atoms with Gasteiger partial charge in [-0.05, 0) is 18.6 Å². The molecule has 0 aliphatic rings. The van der Waals surface area contributed by atoms with Crippen molar-refractivity contribution in [2.75, 3.05) is 5.32 Å². The van der Waals surface area contributed by atoms with Crippen LogP contribution in [-0.4, -0.2) is 31.0 Å². The van der Waals surface area contributed by atoms with Crippen LogP contribution in [0.3, 0.4) is 0 Å². The predicted molar refractivity (Wildman–Crippen MR) is 91.1 cm³/mol. The highest BCUT2D eigenvalue weighted by Crippen LogP contribution is 2.16. The van der Waals surface area contributed by atoms with Gasteiger partial charge in [-0.2, -0.15) is 0 Å². The molecular weight excluding hydrogens is 326 g/mol. The fourth-order valence-electron chi connectivity index (χ4n) is 2.10. The van der Waals surface area contributed by atoms with Gasteiger partial charge < -0.3 is 5.32 Å². The van der Waals surface area contributed by atoms with Crippen LogP contribution in [0.5, 0.6) is 0 Å². The number of carbonyl (C=O) groups is 1. The number of hydrogen-bond acceptors (Lipinski definition) is 6. The minimum atomic E-state index is -0.350. The molecule has 24 heavy (non-hydrogen) atoms. The van der Waals surface area contributed by atoms with Crippen molar-refractivity contribution in [1.82, 2.24) is 30.3 Å². The Morgan fingerprint density at radius 3 is 2.83 bits per heavy atom. The summed E-state index contributed by atoms with van der Waals surface area (Å²) in [6.07, 6.45) is 3.48. The van der Waals surface area contributed by atoms with E-state index in [9.17, 15) is 4.79 Å². The van der Waals surface area contributed by atoms with Crippen molar-refractivity contribution in [2.24, 2.45) is 0 Å². The van der Waals surface area contributed by atoms with Crippen LogP contribution in [0, 0.1) is 0 Å². The fourth-order valence-corrected chi connectivity index (χ4v) is 2.94. The van der Waals surface area contributed by atoms with E-state index < -0.39 is 0 Å². The topological polar surface area (TPSA) is 97.6 Å². The molecule has 0 fully saturated rings. The van der Waals surface area contributed by atoms with E-state index in [2.05, 4.69) is 38.0 Å². The lowest BCUT2D eigenvalue weighted by Crippen LogP contribution is -2.29. The molecule has 0 saturated carbocycles. The molecule has 0 aliphatic heterocycles. The number of anilines is 1. The average molecular weight is 343 g/mol. The Bertz CT molecular complexity index is 799. The SMILES string of the molecule is CCCc1nnc(NC(=O)NCc2nncn2-c2ccccc2)s1. The van der Waals surface area contributed by atoms with Gasteiger partial charge in [0, 0.05) is 12.1 Å². The van der Waals surface area contributed by atoms with E-state index in [0.717, 1.165) is 23.5 Å². The molecule has 0 bridgehead atoms. The van der Waals surface area contributed by atoms with Crippen LogP contribution in [-0.2, 0) is 13.0 Å². The van der Waals surface area contributed by atoms with Crippen molar-refractivity contribution in [1.29, 1.82) is 0 Å². The number of aryl methyl sites for hydroxylation is 1. The first-order valence-electron chi connectivity index (χ1n) is 7.58. The summed E-state index contributed by atoms with van der Waals surface area (Å²) < 4.78 is 1.82. The van der Waals surface area contributed by atoms with Gasteiger partial charge in [-0.25, -0.2) is 4.79 Å². The van der Waals surface area contributed by atoms with Crippen molar-refractivity contribution in [3.8, 4) is 5.69 Å². The van der Waals surface area contributed by atoms with Gasteiger partial charge in [-0.3, -0.25) is 9.88 Å². The van der Waals surface area contributed by atoms with Crippen molar-refractivity contribution < 1.29 is 4.79 Å². The molecule has 0 spiro atoms. The second-order valence-corrected chi connectivity index (χ2v) is 6.07. The van der Waals surface area contributed by atoms with E-state index in [1.807, 2.05) is 34.9 Å². The number of aromatic nitrogens is 5. The number of nitrogens with zero attached hydrogens (tertiary/aromatic N) is 5. The summed E-state index contributed by atoms with van der Waals surface area (Å²) in [5.74, 6) is 0.639. The number of hydrogen-bond donors (Lipinski definition) is 2. The summed E-state index contributed by atoms with van der Waals surface area (Å²) >= 11 is 1.38. The molecule has 1 aromatic carbocycles. The number of benzene rings is 1. The van der Waals surface area contributed by atoms with Crippen LogP contribution >= 0.6 is 11.3 Å². The van der Waals surface area contributed by atoms with Gasteiger partial charge in [0.25, 0.3) is 0 Å². The number of nitrogens with one attached hydrogen (secondary N) is 2. The molecule has 8 nitrogen and oxygen atoms in total. The fraction of sp³-hybridized carbons (Fsp3) is 0.267. The lowest BCUT2D eigenvalue weighted by Gasteiger charge is -2.07. The first-order chi connectivity index (χ1) is 11.8. The second-order valence-electron chi connectivity index (χ2n) is 5.01. The normalized spacial score (nSPS) is 10.5. The third-order valence-corrected chi connectivity index (χ3v) is 4.11. The molecule has 0 radical (unpaired) electrons. The first kappa shape index (κ1) is 16.1. The molecule has 9 heteroatoms. The quantitative estimate of drug-likeness (QED) is 0.716. The summed E-state index contributed by atoms with van der Waals surface area (Å²) in [4.78, 5) is 12.0. The molecular formula is C15H17N7OS. The highest BCUT2D eigenvalue weighted by Gasteiger charge is 2.10. The molecule has 0 atom stereocenters. The zero-order valence-electron chi connectivity index (χ0n) is 13.1.